The quantitative estimate of drug-likeness (QED) is 0.227. The Morgan fingerprint density at radius 3 is 0.0769 bits per heavy atom. The second-order valence-electron chi connectivity index (χ2n) is 3.18. The van der Waals surface area contributed by atoms with E-state index in [0.717, 1.165) is 0 Å². The summed E-state index contributed by atoms with van der Waals surface area (Å²) in [6, 6.07) is 0. The van der Waals surface area contributed by atoms with Crippen LogP contribution in [0.4, 0.5) is 0 Å². The predicted octanol–water partition coefficient (Wildman–Crippen LogP) is 32.2. The Morgan fingerprint density at radius 1 is 0.0615 bits per heavy atom. The first-order valence-electron chi connectivity index (χ1n) is 32.5. The summed E-state index contributed by atoms with van der Waals surface area (Å²) < 4.78 is 0. The van der Waals surface area contributed by atoms with Crippen molar-refractivity contribution in [2.45, 2.75) is 446 Å². The van der Waals surface area contributed by atoms with Crippen LogP contribution < -0.4 is 0 Å². The molecule has 0 aromatic heterocycles. The molecule has 0 spiro atoms. The lowest BCUT2D eigenvalue weighted by Gasteiger charge is -1.07. The van der Waals surface area contributed by atoms with Crippen LogP contribution in [0.15, 0.2) is 0 Å². The van der Waals surface area contributed by atoms with Gasteiger partial charge in [0.2, 0.25) is 0 Å². The van der Waals surface area contributed by atoms with Gasteiger partial charge in [-0.25, -0.2) is 0 Å². The SMILES string of the molecule is C1CC1.C1CC1.C1CC1.CC.CC.CC.CC.CC.CC.CC.CC.CC.CC.CC.CC.CC.CC.CC.CC.CC.CC.CC.CC.CC.CC.CC.CC.CC.CC.CC.CC. The average Bonchev–Trinajstić information content (AvgIpc) is 4.30. The maximum Gasteiger partial charge on any atom is -0.0533 e. The largest absolute Gasteiger partial charge is 0.0683 e. The van der Waals surface area contributed by atoms with Crippen molar-refractivity contribution in [2.75, 3.05) is 0 Å². The van der Waals surface area contributed by atoms with Crippen molar-refractivity contribution in [2.24, 2.45) is 0 Å². The minimum atomic E-state index is 1.50. The molecule has 0 aromatic rings. The molecule has 0 radical (unpaired) electrons. The predicted molar refractivity (Wildman–Crippen MR) is 359 cm³/mol. The van der Waals surface area contributed by atoms with E-state index in [1.165, 1.54) is 57.8 Å². The Labute approximate surface area is 443 Å². The molecule has 0 unspecified atom stereocenters. The fourth-order valence-electron chi connectivity index (χ4n) is 0. The zero-order chi connectivity index (χ0) is 62.4. The zero-order valence-corrected chi connectivity index (χ0v) is 62.4. The van der Waals surface area contributed by atoms with E-state index in [-0.39, 0.29) is 0 Å². The van der Waals surface area contributed by atoms with Crippen LogP contribution in [0.5, 0.6) is 0 Å². The number of hydrogen-bond acceptors (Lipinski definition) is 0. The van der Waals surface area contributed by atoms with Crippen molar-refractivity contribution in [1.82, 2.24) is 0 Å². The van der Waals surface area contributed by atoms with Crippen molar-refractivity contribution in [3.63, 3.8) is 0 Å². The summed E-state index contributed by atoms with van der Waals surface area (Å²) in [5.41, 5.74) is 0. The van der Waals surface area contributed by atoms with Crippen LogP contribution in [0.25, 0.3) is 0 Å². The molecule has 0 aromatic carbocycles. The normalized spacial score (nSPS) is 5.91. The molecule has 0 amide bonds. The van der Waals surface area contributed by atoms with Gasteiger partial charge in [0.05, 0.1) is 0 Å². The van der Waals surface area contributed by atoms with Crippen molar-refractivity contribution in [1.29, 1.82) is 0 Å². The zero-order valence-electron chi connectivity index (χ0n) is 62.4. The van der Waals surface area contributed by atoms with E-state index in [1.54, 1.807) is 0 Å². The second kappa shape index (κ2) is 3140. The summed E-state index contributed by atoms with van der Waals surface area (Å²) in [5, 5.41) is 0. The highest BCUT2D eigenvalue weighted by atomic mass is 14.0. The van der Waals surface area contributed by atoms with E-state index in [2.05, 4.69) is 0 Å². The Balaban J connectivity index is -0.00000000839. The van der Waals surface area contributed by atoms with E-state index in [9.17, 15) is 0 Å². The van der Waals surface area contributed by atoms with Gasteiger partial charge in [-0.1, -0.05) is 446 Å². The third kappa shape index (κ3) is 27300. The van der Waals surface area contributed by atoms with Gasteiger partial charge < -0.3 is 0 Å². The maximum atomic E-state index is 2.00. The summed E-state index contributed by atoms with van der Waals surface area (Å²) in [7, 11) is 0. The molecule has 0 saturated heterocycles. The molecule has 0 atom stereocenters. The van der Waals surface area contributed by atoms with Crippen LogP contribution in [-0.4, -0.2) is 0 Å². The Morgan fingerprint density at radius 2 is 0.0769 bits per heavy atom. The van der Waals surface area contributed by atoms with Gasteiger partial charge in [0.15, 0.2) is 0 Å². The monoisotopic (exact) mass is 967 g/mol. The highest BCUT2D eigenvalue weighted by Crippen LogP contribution is 2.15. The first-order chi connectivity index (χ1) is 32.5. The summed E-state index contributed by atoms with van der Waals surface area (Å²) in [6.07, 6.45) is 13.5. The van der Waals surface area contributed by atoms with E-state index >= 15 is 0 Å². The van der Waals surface area contributed by atoms with Gasteiger partial charge in [-0.2, -0.15) is 0 Å². The molecular weight excluding hydrogens is 781 g/mol. The van der Waals surface area contributed by atoms with Crippen LogP contribution in [0.1, 0.15) is 446 Å². The lowest BCUT2D eigenvalue weighted by Crippen LogP contribution is -0.856. The topological polar surface area (TPSA) is 0 Å². The number of hydrogen-bond donors (Lipinski definition) is 0. The molecule has 446 valence electrons. The minimum Gasteiger partial charge on any atom is -0.0683 e. The Bertz CT molecular complexity index is 28.5. The average molecular weight is 968 g/mol. The molecule has 3 saturated carbocycles. The molecule has 0 aliphatic heterocycles. The van der Waals surface area contributed by atoms with Gasteiger partial charge in [0.25, 0.3) is 0 Å². The van der Waals surface area contributed by atoms with Crippen molar-refractivity contribution in [3.8, 4) is 0 Å². The summed E-state index contributed by atoms with van der Waals surface area (Å²) in [5.74, 6) is 0. The first-order valence-corrected chi connectivity index (χ1v) is 32.5. The summed E-state index contributed by atoms with van der Waals surface area (Å²) >= 11 is 0. The van der Waals surface area contributed by atoms with E-state index in [1.807, 2.05) is 388 Å². The molecule has 3 aliphatic carbocycles. The second-order valence-corrected chi connectivity index (χ2v) is 3.18. The van der Waals surface area contributed by atoms with Gasteiger partial charge in [-0.3, -0.25) is 0 Å². The fraction of sp³-hybridized carbons (Fsp3) is 1.00. The van der Waals surface area contributed by atoms with Crippen molar-refractivity contribution >= 4 is 0 Å². The van der Waals surface area contributed by atoms with Crippen molar-refractivity contribution < 1.29 is 0 Å². The van der Waals surface area contributed by atoms with Gasteiger partial charge in [0, 0.05) is 0 Å². The van der Waals surface area contributed by atoms with Gasteiger partial charge in [-0.05, 0) is 0 Å². The highest BCUT2D eigenvalue weighted by molar-refractivity contribution is 4.51. The van der Waals surface area contributed by atoms with Crippen LogP contribution in [0, 0.1) is 0 Å². The molecule has 0 heteroatoms. The van der Waals surface area contributed by atoms with Crippen LogP contribution in [0.3, 0.4) is 0 Å². The molecule has 3 fully saturated rings. The van der Waals surface area contributed by atoms with Gasteiger partial charge in [0.1, 0.15) is 0 Å². The van der Waals surface area contributed by atoms with E-state index < -0.39 is 0 Å². The molecule has 0 N–H and O–H groups in total. The van der Waals surface area contributed by atoms with Crippen molar-refractivity contribution in [3.05, 3.63) is 0 Å². The van der Waals surface area contributed by atoms with E-state index in [4.69, 9.17) is 0 Å². The Kier molecular flexibility index (Phi) is 9380. The van der Waals surface area contributed by atoms with Crippen LogP contribution in [0.2, 0.25) is 0 Å². The van der Waals surface area contributed by atoms with Gasteiger partial charge in [-0.15, -0.1) is 0 Å². The Hall–Kier alpha value is 0. The lowest BCUT2D eigenvalue weighted by molar-refractivity contribution is 1.50. The lowest BCUT2D eigenvalue weighted by atomic mass is 11.0. The number of rotatable bonds is 0. The molecule has 0 bridgehead atoms. The summed E-state index contributed by atoms with van der Waals surface area (Å²) in [4.78, 5) is 0. The third-order valence-electron chi connectivity index (χ3n) is 1.06. The first kappa shape index (κ1) is 194. The fourth-order valence-corrected chi connectivity index (χ4v) is 0. The van der Waals surface area contributed by atoms with Gasteiger partial charge >= 0.3 is 0 Å². The van der Waals surface area contributed by atoms with E-state index in [0.29, 0.717) is 0 Å². The molecule has 0 nitrogen and oxygen atoms in total. The molecule has 3 aliphatic rings. The third-order valence-corrected chi connectivity index (χ3v) is 1.06. The molecular formula is C65H186. The van der Waals surface area contributed by atoms with Crippen LogP contribution in [-0.2, 0) is 0 Å². The molecule has 65 heavy (non-hydrogen) atoms. The smallest absolute Gasteiger partial charge is 0.0533 e. The molecule has 3 rings (SSSR count). The maximum absolute atomic E-state index is 2.00. The summed E-state index contributed by atoms with van der Waals surface area (Å²) in [6.45, 7) is 112. The molecule has 0 heterocycles. The van der Waals surface area contributed by atoms with Crippen LogP contribution >= 0.6 is 0 Å². The minimum absolute atomic E-state index is 1.50. The standard InChI is InChI=1S/3C3H6.28C2H6/c3*1-2-3-1;28*1-2/h3*1-3H2;28*1-2H3. The highest BCUT2D eigenvalue weighted by Gasteiger charge is 1.95.